The van der Waals surface area contributed by atoms with E-state index in [0.717, 1.165) is 17.9 Å². The third kappa shape index (κ3) is 3.59. The van der Waals surface area contributed by atoms with Crippen LogP contribution >= 0.6 is 0 Å². The second kappa shape index (κ2) is 7.08. The van der Waals surface area contributed by atoms with Gasteiger partial charge >= 0.3 is 0 Å². The molecule has 20 heavy (non-hydrogen) atoms. The summed E-state index contributed by atoms with van der Waals surface area (Å²) in [6.07, 6.45) is 0. The number of ether oxygens (including phenoxy) is 1. The number of hydrogen-bond donors (Lipinski definition) is 2. The van der Waals surface area contributed by atoms with E-state index in [1.54, 1.807) is 0 Å². The third-order valence-electron chi connectivity index (χ3n) is 3.26. The Morgan fingerprint density at radius 1 is 1.10 bits per heavy atom. The van der Waals surface area contributed by atoms with Crippen LogP contribution in [-0.4, -0.2) is 11.7 Å². The summed E-state index contributed by atoms with van der Waals surface area (Å²) >= 11 is 0. The second-order valence-corrected chi connectivity index (χ2v) is 4.72. The van der Waals surface area contributed by atoms with E-state index in [-0.39, 0.29) is 6.61 Å². The van der Waals surface area contributed by atoms with Crippen LogP contribution in [0.3, 0.4) is 0 Å². The zero-order valence-electron chi connectivity index (χ0n) is 12.0. The van der Waals surface area contributed by atoms with Crippen LogP contribution in [0.4, 0.5) is 0 Å². The van der Waals surface area contributed by atoms with Crippen LogP contribution in [0.2, 0.25) is 0 Å². The molecule has 0 saturated heterocycles. The molecule has 0 heterocycles. The summed E-state index contributed by atoms with van der Waals surface area (Å²) in [7, 11) is 0. The van der Waals surface area contributed by atoms with Gasteiger partial charge in [-0.2, -0.15) is 0 Å². The first-order chi connectivity index (χ1) is 9.74. The molecule has 1 atom stereocenters. The maximum Gasteiger partial charge on any atom is 0.132 e. The zero-order valence-corrected chi connectivity index (χ0v) is 12.0. The fourth-order valence-electron chi connectivity index (χ4n) is 2.11. The van der Waals surface area contributed by atoms with Crippen molar-refractivity contribution in [1.29, 1.82) is 0 Å². The monoisotopic (exact) mass is 271 g/mol. The smallest absolute Gasteiger partial charge is 0.132 e. The molecule has 0 spiro atoms. The molecule has 2 rings (SSSR count). The molecule has 0 aliphatic heterocycles. The lowest BCUT2D eigenvalue weighted by Gasteiger charge is -2.14. The molecule has 0 aromatic heterocycles. The Hall–Kier alpha value is -1.84. The number of aliphatic hydroxyl groups is 1. The van der Waals surface area contributed by atoms with Crippen molar-refractivity contribution in [1.82, 2.24) is 5.32 Å². The minimum Gasteiger partial charge on any atom is -0.457 e. The van der Waals surface area contributed by atoms with Crippen molar-refractivity contribution in [3.63, 3.8) is 0 Å². The minimum atomic E-state index is -0.0221. The van der Waals surface area contributed by atoms with Crippen molar-refractivity contribution >= 4 is 0 Å². The van der Waals surface area contributed by atoms with Crippen molar-refractivity contribution in [2.45, 2.75) is 26.5 Å². The van der Waals surface area contributed by atoms with Crippen LogP contribution in [0, 0.1) is 0 Å². The standard InChI is InChI=1S/C17H21NO2/c1-3-18-13(2)14-8-10-16(11-9-14)20-17-7-5-4-6-15(17)12-19/h4-11,13,18-19H,3,12H2,1-2H3. The first kappa shape index (κ1) is 14.6. The highest BCUT2D eigenvalue weighted by Gasteiger charge is 2.06. The lowest BCUT2D eigenvalue weighted by molar-refractivity contribution is 0.276. The number of aliphatic hydroxyl groups excluding tert-OH is 1. The highest BCUT2D eigenvalue weighted by molar-refractivity contribution is 5.38. The Kier molecular flexibility index (Phi) is 5.16. The van der Waals surface area contributed by atoms with E-state index in [9.17, 15) is 5.11 Å². The average molecular weight is 271 g/mol. The molecule has 0 saturated carbocycles. The number of nitrogens with one attached hydrogen (secondary N) is 1. The van der Waals surface area contributed by atoms with Gasteiger partial charge in [0.05, 0.1) is 6.61 Å². The fraction of sp³-hybridized carbons (Fsp3) is 0.294. The fourth-order valence-corrected chi connectivity index (χ4v) is 2.11. The molecule has 3 nitrogen and oxygen atoms in total. The van der Waals surface area contributed by atoms with Gasteiger partial charge in [0.25, 0.3) is 0 Å². The summed E-state index contributed by atoms with van der Waals surface area (Å²) in [6, 6.07) is 15.9. The van der Waals surface area contributed by atoms with Crippen LogP contribution < -0.4 is 10.1 Å². The third-order valence-corrected chi connectivity index (χ3v) is 3.26. The summed E-state index contributed by atoms with van der Waals surface area (Å²) in [6.45, 7) is 5.16. The average Bonchev–Trinajstić information content (AvgIpc) is 2.49. The number of benzene rings is 2. The van der Waals surface area contributed by atoms with Crippen LogP contribution in [0.1, 0.15) is 31.0 Å². The molecular formula is C17H21NO2. The highest BCUT2D eigenvalue weighted by atomic mass is 16.5. The number of rotatable bonds is 6. The molecule has 0 aliphatic rings. The van der Waals surface area contributed by atoms with Gasteiger partial charge in [-0.1, -0.05) is 37.3 Å². The molecule has 3 heteroatoms. The van der Waals surface area contributed by atoms with Gasteiger partial charge in [0.1, 0.15) is 11.5 Å². The van der Waals surface area contributed by atoms with Crippen LogP contribution in [0.5, 0.6) is 11.5 Å². The number of hydrogen-bond acceptors (Lipinski definition) is 3. The lowest BCUT2D eigenvalue weighted by Crippen LogP contribution is -2.17. The highest BCUT2D eigenvalue weighted by Crippen LogP contribution is 2.26. The van der Waals surface area contributed by atoms with Crippen LogP contribution in [0.15, 0.2) is 48.5 Å². The van der Waals surface area contributed by atoms with Crippen molar-refractivity contribution in [3.8, 4) is 11.5 Å². The molecule has 0 radical (unpaired) electrons. The van der Waals surface area contributed by atoms with E-state index >= 15 is 0 Å². The van der Waals surface area contributed by atoms with Crippen LogP contribution in [-0.2, 0) is 6.61 Å². The predicted octanol–water partition coefficient (Wildman–Crippen LogP) is 3.64. The summed E-state index contributed by atoms with van der Waals surface area (Å²) in [4.78, 5) is 0. The summed E-state index contributed by atoms with van der Waals surface area (Å²) < 4.78 is 5.81. The van der Waals surface area contributed by atoms with Crippen molar-refractivity contribution in [2.24, 2.45) is 0 Å². The van der Waals surface area contributed by atoms with Gasteiger partial charge in [-0.05, 0) is 37.2 Å². The Labute approximate surface area is 120 Å². The molecule has 0 aliphatic carbocycles. The SMILES string of the molecule is CCNC(C)c1ccc(Oc2ccccc2CO)cc1. The first-order valence-electron chi connectivity index (χ1n) is 6.94. The van der Waals surface area contributed by atoms with Crippen molar-refractivity contribution in [3.05, 3.63) is 59.7 Å². The topological polar surface area (TPSA) is 41.5 Å². The van der Waals surface area contributed by atoms with E-state index in [4.69, 9.17) is 4.74 Å². The maximum atomic E-state index is 9.28. The Morgan fingerprint density at radius 3 is 2.45 bits per heavy atom. The minimum absolute atomic E-state index is 0.0221. The van der Waals surface area contributed by atoms with E-state index in [1.165, 1.54) is 5.56 Å². The normalized spacial score (nSPS) is 12.2. The van der Waals surface area contributed by atoms with Gasteiger partial charge < -0.3 is 15.2 Å². The molecule has 2 N–H and O–H groups in total. The first-order valence-corrected chi connectivity index (χ1v) is 6.94. The molecule has 0 amide bonds. The summed E-state index contributed by atoms with van der Waals surface area (Å²) in [5, 5.41) is 12.7. The lowest BCUT2D eigenvalue weighted by atomic mass is 10.1. The molecule has 0 fully saturated rings. The zero-order chi connectivity index (χ0) is 14.4. The van der Waals surface area contributed by atoms with E-state index in [1.807, 2.05) is 36.4 Å². The van der Waals surface area contributed by atoms with Gasteiger partial charge in [0.15, 0.2) is 0 Å². The Balaban J connectivity index is 2.11. The predicted molar refractivity (Wildman–Crippen MR) is 81.0 cm³/mol. The Morgan fingerprint density at radius 2 is 1.80 bits per heavy atom. The van der Waals surface area contributed by atoms with Gasteiger partial charge in [-0.25, -0.2) is 0 Å². The Bertz CT molecular complexity index is 537. The van der Waals surface area contributed by atoms with Crippen molar-refractivity contribution < 1.29 is 9.84 Å². The van der Waals surface area contributed by atoms with E-state index in [2.05, 4.69) is 31.3 Å². The molecule has 0 bridgehead atoms. The molecular weight excluding hydrogens is 250 g/mol. The summed E-state index contributed by atoms with van der Waals surface area (Å²) in [5.41, 5.74) is 2.02. The van der Waals surface area contributed by atoms with E-state index < -0.39 is 0 Å². The second-order valence-electron chi connectivity index (χ2n) is 4.72. The van der Waals surface area contributed by atoms with Gasteiger partial charge in [-0.3, -0.25) is 0 Å². The van der Waals surface area contributed by atoms with Gasteiger partial charge in [-0.15, -0.1) is 0 Å². The van der Waals surface area contributed by atoms with E-state index in [0.29, 0.717) is 11.8 Å². The molecule has 1 unspecified atom stereocenters. The largest absolute Gasteiger partial charge is 0.457 e. The molecule has 2 aromatic rings. The van der Waals surface area contributed by atoms with Gasteiger partial charge in [0, 0.05) is 11.6 Å². The van der Waals surface area contributed by atoms with Crippen LogP contribution in [0.25, 0.3) is 0 Å². The quantitative estimate of drug-likeness (QED) is 0.842. The molecule has 2 aromatic carbocycles. The van der Waals surface area contributed by atoms with Crippen molar-refractivity contribution in [2.75, 3.05) is 6.54 Å². The van der Waals surface area contributed by atoms with Gasteiger partial charge in [0.2, 0.25) is 0 Å². The molecule has 106 valence electrons. The maximum absolute atomic E-state index is 9.28. The summed E-state index contributed by atoms with van der Waals surface area (Å²) in [5.74, 6) is 1.47. The number of para-hydroxylation sites is 1.